The van der Waals surface area contributed by atoms with Gasteiger partial charge in [0.05, 0.1) is 19.4 Å². The van der Waals surface area contributed by atoms with Gasteiger partial charge in [-0.3, -0.25) is 4.79 Å². The summed E-state index contributed by atoms with van der Waals surface area (Å²) in [5.41, 5.74) is 1.38. The second-order valence-electron chi connectivity index (χ2n) is 5.24. The van der Waals surface area contributed by atoms with Crippen LogP contribution >= 0.6 is 0 Å². The number of hydrogen-bond acceptors (Lipinski definition) is 5. The van der Waals surface area contributed by atoms with Crippen molar-refractivity contribution < 1.29 is 14.3 Å². The van der Waals surface area contributed by atoms with Gasteiger partial charge < -0.3 is 9.47 Å². The molecule has 0 unspecified atom stereocenters. The van der Waals surface area contributed by atoms with Gasteiger partial charge in [-0.05, 0) is 37.1 Å². The maximum atomic E-state index is 11.0. The molecule has 6 heteroatoms. The van der Waals surface area contributed by atoms with E-state index in [-0.39, 0.29) is 0 Å². The number of hydrogen-bond donors (Lipinski definition) is 0. The van der Waals surface area contributed by atoms with Crippen molar-refractivity contribution in [3.8, 4) is 11.5 Å². The molecular formula is C17H23N3O3. The van der Waals surface area contributed by atoms with Crippen LogP contribution in [0, 0.1) is 0 Å². The van der Waals surface area contributed by atoms with Gasteiger partial charge in [-0.25, -0.2) is 4.68 Å². The summed E-state index contributed by atoms with van der Waals surface area (Å²) in [4.78, 5) is 11.0. The SMILES string of the molecule is CCCCc1c(C=O)nnn1CCCOc1ccc(OC)cc1. The number of nitrogens with zero attached hydrogens (tertiary/aromatic N) is 3. The van der Waals surface area contributed by atoms with E-state index in [0.717, 1.165) is 49.2 Å². The lowest BCUT2D eigenvalue weighted by Crippen LogP contribution is -2.10. The molecule has 0 bridgehead atoms. The van der Waals surface area contributed by atoms with Crippen LogP contribution in [0.1, 0.15) is 42.4 Å². The van der Waals surface area contributed by atoms with Gasteiger partial charge in [-0.1, -0.05) is 18.6 Å². The molecule has 0 N–H and O–H groups in total. The van der Waals surface area contributed by atoms with E-state index in [2.05, 4.69) is 17.2 Å². The van der Waals surface area contributed by atoms with Crippen LogP contribution in [0.3, 0.4) is 0 Å². The number of carbonyl (C=O) groups is 1. The summed E-state index contributed by atoms with van der Waals surface area (Å²) in [6.45, 7) is 3.39. The van der Waals surface area contributed by atoms with Crippen molar-refractivity contribution in [3.05, 3.63) is 35.7 Å². The first-order valence-corrected chi connectivity index (χ1v) is 7.93. The van der Waals surface area contributed by atoms with E-state index in [9.17, 15) is 4.79 Å². The lowest BCUT2D eigenvalue weighted by Gasteiger charge is -2.09. The van der Waals surface area contributed by atoms with Gasteiger partial charge >= 0.3 is 0 Å². The van der Waals surface area contributed by atoms with Crippen LogP contribution in [-0.2, 0) is 13.0 Å². The van der Waals surface area contributed by atoms with Crippen molar-refractivity contribution in [1.82, 2.24) is 15.0 Å². The molecule has 124 valence electrons. The zero-order chi connectivity index (χ0) is 16.5. The van der Waals surface area contributed by atoms with Crippen LogP contribution in [0.25, 0.3) is 0 Å². The summed E-state index contributed by atoms with van der Waals surface area (Å²) in [7, 11) is 1.64. The molecular weight excluding hydrogens is 294 g/mol. The Balaban J connectivity index is 1.83. The van der Waals surface area contributed by atoms with Gasteiger partial charge in [0.2, 0.25) is 0 Å². The Kier molecular flexibility index (Phi) is 6.59. The lowest BCUT2D eigenvalue weighted by molar-refractivity contribution is 0.111. The van der Waals surface area contributed by atoms with Crippen LogP contribution in [0.5, 0.6) is 11.5 Å². The van der Waals surface area contributed by atoms with Gasteiger partial charge in [-0.15, -0.1) is 5.10 Å². The Hall–Kier alpha value is -2.37. The van der Waals surface area contributed by atoms with Crippen molar-refractivity contribution in [3.63, 3.8) is 0 Å². The molecule has 2 aromatic rings. The second kappa shape index (κ2) is 8.92. The normalized spacial score (nSPS) is 10.5. The zero-order valence-electron chi connectivity index (χ0n) is 13.7. The fourth-order valence-electron chi connectivity index (χ4n) is 2.29. The van der Waals surface area contributed by atoms with Gasteiger partial charge in [0.15, 0.2) is 6.29 Å². The summed E-state index contributed by atoms with van der Waals surface area (Å²) in [6.07, 6.45) is 4.51. The first kappa shape index (κ1) is 17.0. The lowest BCUT2D eigenvalue weighted by atomic mass is 10.1. The molecule has 0 saturated carbocycles. The molecule has 1 aromatic heterocycles. The molecule has 0 aliphatic heterocycles. The van der Waals surface area contributed by atoms with E-state index in [0.29, 0.717) is 18.8 Å². The molecule has 0 spiro atoms. The molecule has 0 aliphatic rings. The largest absolute Gasteiger partial charge is 0.497 e. The number of aryl methyl sites for hydroxylation is 1. The standard InChI is InChI=1S/C17H23N3O3/c1-3-4-6-17-16(13-21)18-19-20(17)11-5-12-23-15-9-7-14(22-2)8-10-15/h7-10,13H,3-6,11-12H2,1-2H3. The molecule has 23 heavy (non-hydrogen) atoms. The predicted molar refractivity (Wildman–Crippen MR) is 87.1 cm³/mol. The molecule has 0 fully saturated rings. The fraction of sp³-hybridized carbons (Fsp3) is 0.471. The Morgan fingerprint density at radius 2 is 1.91 bits per heavy atom. The van der Waals surface area contributed by atoms with Crippen LogP contribution in [0.15, 0.2) is 24.3 Å². The number of carbonyl (C=O) groups excluding carboxylic acids is 1. The number of methoxy groups -OCH3 is 1. The van der Waals surface area contributed by atoms with Gasteiger partial charge in [-0.2, -0.15) is 0 Å². The molecule has 2 rings (SSSR count). The van der Waals surface area contributed by atoms with Crippen LogP contribution in [0.4, 0.5) is 0 Å². The monoisotopic (exact) mass is 317 g/mol. The predicted octanol–water partition coefficient (Wildman–Crippen LogP) is 2.91. The van der Waals surface area contributed by atoms with Gasteiger partial charge in [0.1, 0.15) is 17.2 Å². The minimum atomic E-state index is 0.453. The Bertz CT molecular complexity index is 608. The van der Waals surface area contributed by atoms with Crippen molar-refractivity contribution in [2.75, 3.05) is 13.7 Å². The van der Waals surface area contributed by atoms with Crippen molar-refractivity contribution >= 4 is 6.29 Å². The number of aromatic nitrogens is 3. The van der Waals surface area contributed by atoms with E-state index in [1.165, 1.54) is 0 Å². The van der Waals surface area contributed by atoms with Crippen LogP contribution in [-0.4, -0.2) is 35.0 Å². The summed E-state index contributed by atoms with van der Waals surface area (Å²) in [6, 6.07) is 7.49. The topological polar surface area (TPSA) is 66.2 Å². The Labute approximate surface area is 136 Å². The molecule has 0 atom stereocenters. The molecule has 0 saturated heterocycles. The summed E-state index contributed by atoms with van der Waals surface area (Å²) in [5.74, 6) is 1.62. The van der Waals surface area contributed by atoms with Crippen molar-refractivity contribution in [2.24, 2.45) is 0 Å². The molecule has 0 radical (unpaired) electrons. The van der Waals surface area contributed by atoms with E-state index < -0.39 is 0 Å². The first-order chi connectivity index (χ1) is 11.3. The van der Waals surface area contributed by atoms with Gasteiger partial charge in [0, 0.05) is 13.0 Å². The fourth-order valence-corrected chi connectivity index (χ4v) is 2.29. The minimum Gasteiger partial charge on any atom is -0.497 e. The number of benzene rings is 1. The Morgan fingerprint density at radius 3 is 2.57 bits per heavy atom. The van der Waals surface area contributed by atoms with Crippen molar-refractivity contribution in [2.45, 2.75) is 39.2 Å². The van der Waals surface area contributed by atoms with Crippen molar-refractivity contribution in [1.29, 1.82) is 0 Å². The summed E-state index contributed by atoms with van der Waals surface area (Å²) < 4.78 is 12.6. The van der Waals surface area contributed by atoms with E-state index in [1.807, 2.05) is 28.9 Å². The third-order valence-electron chi connectivity index (χ3n) is 3.59. The average Bonchev–Trinajstić information content (AvgIpc) is 2.99. The van der Waals surface area contributed by atoms with Crippen LogP contribution < -0.4 is 9.47 Å². The average molecular weight is 317 g/mol. The maximum Gasteiger partial charge on any atom is 0.172 e. The third-order valence-corrected chi connectivity index (χ3v) is 3.59. The summed E-state index contributed by atoms with van der Waals surface area (Å²) >= 11 is 0. The molecule has 1 heterocycles. The Morgan fingerprint density at radius 1 is 1.17 bits per heavy atom. The quantitative estimate of drug-likeness (QED) is 0.498. The van der Waals surface area contributed by atoms with Crippen LogP contribution in [0.2, 0.25) is 0 Å². The zero-order valence-corrected chi connectivity index (χ0v) is 13.7. The maximum absolute atomic E-state index is 11.0. The first-order valence-electron chi connectivity index (χ1n) is 7.93. The number of aldehydes is 1. The number of unbranched alkanes of at least 4 members (excludes halogenated alkanes) is 1. The molecule has 0 aliphatic carbocycles. The molecule has 1 aromatic carbocycles. The van der Waals surface area contributed by atoms with Gasteiger partial charge in [0.25, 0.3) is 0 Å². The highest BCUT2D eigenvalue weighted by molar-refractivity contribution is 5.73. The highest BCUT2D eigenvalue weighted by Gasteiger charge is 2.11. The molecule has 6 nitrogen and oxygen atoms in total. The highest BCUT2D eigenvalue weighted by Crippen LogP contribution is 2.17. The number of ether oxygens (including phenoxy) is 2. The van der Waals surface area contributed by atoms with E-state index >= 15 is 0 Å². The highest BCUT2D eigenvalue weighted by atomic mass is 16.5. The minimum absolute atomic E-state index is 0.453. The number of rotatable bonds is 10. The van der Waals surface area contributed by atoms with E-state index in [1.54, 1.807) is 7.11 Å². The smallest absolute Gasteiger partial charge is 0.172 e. The molecule has 0 amide bonds. The second-order valence-corrected chi connectivity index (χ2v) is 5.24. The van der Waals surface area contributed by atoms with E-state index in [4.69, 9.17) is 9.47 Å². The summed E-state index contributed by atoms with van der Waals surface area (Å²) in [5, 5.41) is 8.00. The third kappa shape index (κ3) is 4.81.